The van der Waals surface area contributed by atoms with Crippen LogP contribution in [0.4, 0.5) is 0 Å². The molecule has 0 saturated heterocycles. The van der Waals surface area contributed by atoms with E-state index < -0.39 is 0 Å². The van der Waals surface area contributed by atoms with Gasteiger partial charge in [0.1, 0.15) is 0 Å². The molecule has 1 aliphatic rings. The van der Waals surface area contributed by atoms with Gasteiger partial charge in [-0.1, -0.05) is 13.8 Å². The third kappa shape index (κ3) is 3.15. The summed E-state index contributed by atoms with van der Waals surface area (Å²) in [6.07, 6.45) is 6.55. The topological polar surface area (TPSA) is 21.3 Å². The fourth-order valence-corrected chi connectivity index (χ4v) is 3.48. The summed E-state index contributed by atoms with van der Waals surface area (Å²) < 4.78 is 5.52. The van der Waals surface area contributed by atoms with Crippen LogP contribution in [0, 0.1) is 0 Å². The molecule has 2 nitrogen and oxygen atoms in total. The highest BCUT2D eigenvalue weighted by Crippen LogP contribution is 2.33. The van der Waals surface area contributed by atoms with Crippen LogP contribution in [-0.4, -0.2) is 13.2 Å². The zero-order valence-electron chi connectivity index (χ0n) is 11.4. The summed E-state index contributed by atoms with van der Waals surface area (Å²) in [4.78, 5) is 1.47. The van der Waals surface area contributed by atoms with Crippen LogP contribution in [0.3, 0.4) is 0 Å². The fraction of sp³-hybridized carbons (Fsp3) is 0.600. The Morgan fingerprint density at radius 3 is 3.00 bits per heavy atom. The third-order valence-electron chi connectivity index (χ3n) is 3.36. The summed E-state index contributed by atoms with van der Waals surface area (Å²) in [5.74, 6) is 0. The summed E-state index contributed by atoms with van der Waals surface area (Å²) in [6.45, 7) is 6.37. The molecule has 18 heavy (non-hydrogen) atoms. The van der Waals surface area contributed by atoms with Gasteiger partial charge >= 0.3 is 0 Å². The first-order valence-corrected chi connectivity index (χ1v) is 7.85. The lowest BCUT2D eigenvalue weighted by molar-refractivity contribution is 0.219. The zero-order chi connectivity index (χ0) is 12.8. The van der Waals surface area contributed by atoms with Gasteiger partial charge in [-0.3, -0.25) is 0 Å². The van der Waals surface area contributed by atoms with Crippen molar-refractivity contribution in [3.05, 3.63) is 33.7 Å². The summed E-state index contributed by atoms with van der Waals surface area (Å²) in [5.41, 5.74) is 2.88. The van der Waals surface area contributed by atoms with Crippen molar-refractivity contribution in [2.24, 2.45) is 0 Å². The van der Waals surface area contributed by atoms with Crippen LogP contribution >= 0.6 is 11.3 Å². The molecule has 0 radical (unpaired) electrons. The minimum Gasteiger partial charge on any atom is -0.501 e. The second kappa shape index (κ2) is 6.95. The molecule has 2 heterocycles. The monoisotopic (exact) mass is 265 g/mol. The normalized spacial score (nSPS) is 17.1. The van der Waals surface area contributed by atoms with Crippen LogP contribution in [0.25, 0.3) is 0 Å². The molecule has 0 fully saturated rings. The van der Waals surface area contributed by atoms with E-state index in [1.165, 1.54) is 16.0 Å². The Morgan fingerprint density at radius 1 is 1.44 bits per heavy atom. The second-order valence-corrected chi connectivity index (χ2v) is 5.67. The zero-order valence-corrected chi connectivity index (χ0v) is 12.2. The molecule has 0 aromatic carbocycles. The smallest absolute Gasteiger partial charge is 0.0876 e. The van der Waals surface area contributed by atoms with E-state index in [1.54, 1.807) is 0 Å². The van der Waals surface area contributed by atoms with Crippen molar-refractivity contribution in [2.75, 3.05) is 13.2 Å². The predicted molar refractivity (Wildman–Crippen MR) is 78.0 cm³/mol. The Morgan fingerprint density at radius 2 is 2.33 bits per heavy atom. The van der Waals surface area contributed by atoms with Crippen molar-refractivity contribution in [3.8, 4) is 0 Å². The van der Waals surface area contributed by atoms with Crippen molar-refractivity contribution in [2.45, 2.75) is 45.6 Å². The predicted octanol–water partition coefficient (Wildman–Crippen LogP) is 4.05. The molecule has 1 atom stereocenters. The minimum absolute atomic E-state index is 0.361. The van der Waals surface area contributed by atoms with E-state index in [-0.39, 0.29) is 0 Å². The summed E-state index contributed by atoms with van der Waals surface area (Å²) in [5, 5.41) is 5.89. The summed E-state index contributed by atoms with van der Waals surface area (Å²) in [6, 6.07) is 2.62. The Labute approximate surface area is 114 Å². The first kappa shape index (κ1) is 13.6. The van der Waals surface area contributed by atoms with Gasteiger partial charge in [-0.05, 0) is 54.8 Å². The number of hydrogen-bond acceptors (Lipinski definition) is 3. The number of nitrogens with one attached hydrogen (secondary N) is 1. The van der Waals surface area contributed by atoms with Gasteiger partial charge in [-0.15, -0.1) is 11.3 Å². The number of hydrogen-bond donors (Lipinski definition) is 1. The number of rotatable bonds is 6. The molecule has 3 heteroatoms. The molecule has 0 spiro atoms. The number of thiophene rings is 1. The largest absolute Gasteiger partial charge is 0.501 e. The molecule has 1 aromatic rings. The van der Waals surface area contributed by atoms with Crippen molar-refractivity contribution in [1.82, 2.24) is 5.32 Å². The quantitative estimate of drug-likeness (QED) is 0.838. The van der Waals surface area contributed by atoms with Crippen molar-refractivity contribution < 1.29 is 4.74 Å². The molecule has 1 aromatic heterocycles. The SMILES string of the molecule is CCCNC(C1=COCCC1)c1sccc1CC. The maximum absolute atomic E-state index is 5.52. The van der Waals surface area contributed by atoms with Crippen molar-refractivity contribution >= 4 is 11.3 Å². The maximum atomic E-state index is 5.52. The molecule has 0 bridgehead atoms. The van der Waals surface area contributed by atoms with Gasteiger partial charge in [0.15, 0.2) is 0 Å². The van der Waals surface area contributed by atoms with E-state index in [2.05, 4.69) is 30.6 Å². The molecule has 1 aliphatic heterocycles. The van der Waals surface area contributed by atoms with Gasteiger partial charge in [0.25, 0.3) is 0 Å². The average Bonchev–Trinajstić information content (AvgIpc) is 2.89. The molecule has 0 saturated carbocycles. The van der Waals surface area contributed by atoms with E-state index in [9.17, 15) is 0 Å². The Bertz CT molecular complexity index is 397. The third-order valence-corrected chi connectivity index (χ3v) is 4.38. The Kier molecular flexibility index (Phi) is 5.26. The fourth-order valence-electron chi connectivity index (χ4n) is 2.37. The lowest BCUT2D eigenvalue weighted by Crippen LogP contribution is -2.25. The highest BCUT2D eigenvalue weighted by atomic mass is 32.1. The van der Waals surface area contributed by atoms with Gasteiger partial charge in [0.05, 0.1) is 18.9 Å². The van der Waals surface area contributed by atoms with Crippen LogP contribution in [-0.2, 0) is 11.2 Å². The molecule has 2 rings (SSSR count). The standard InChI is InChI=1S/C15H23NOS/c1-3-8-16-14(13-6-5-9-17-11-13)15-12(4-2)7-10-18-15/h7,10-11,14,16H,3-6,8-9H2,1-2H3. The number of aryl methyl sites for hydroxylation is 1. The van der Waals surface area contributed by atoms with Crippen LogP contribution in [0.5, 0.6) is 0 Å². The minimum atomic E-state index is 0.361. The van der Waals surface area contributed by atoms with Crippen LogP contribution in [0.2, 0.25) is 0 Å². The number of ether oxygens (including phenoxy) is 1. The van der Waals surface area contributed by atoms with Gasteiger partial charge in [0, 0.05) is 4.88 Å². The van der Waals surface area contributed by atoms with E-state index in [4.69, 9.17) is 4.74 Å². The van der Waals surface area contributed by atoms with Crippen molar-refractivity contribution in [3.63, 3.8) is 0 Å². The molecule has 1 N–H and O–H groups in total. The molecular formula is C15H23NOS. The molecule has 100 valence electrons. The lowest BCUT2D eigenvalue weighted by atomic mass is 9.97. The first-order valence-electron chi connectivity index (χ1n) is 6.97. The van der Waals surface area contributed by atoms with E-state index in [0.29, 0.717) is 6.04 Å². The van der Waals surface area contributed by atoms with Gasteiger partial charge in [-0.2, -0.15) is 0 Å². The van der Waals surface area contributed by atoms with Gasteiger partial charge in [0.2, 0.25) is 0 Å². The van der Waals surface area contributed by atoms with Crippen molar-refractivity contribution in [1.29, 1.82) is 0 Å². The molecule has 1 unspecified atom stereocenters. The summed E-state index contributed by atoms with van der Waals surface area (Å²) in [7, 11) is 0. The first-order chi connectivity index (χ1) is 8.86. The average molecular weight is 265 g/mol. The molecule has 0 amide bonds. The Balaban J connectivity index is 2.21. The highest BCUT2D eigenvalue weighted by molar-refractivity contribution is 7.10. The Hall–Kier alpha value is -0.800. The van der Waals surface area contributed by atoms with Crippen LogP contribution in [0.15, 0.2) is 23.3 Å². The highest BCUT2D eigenvalue weighted by Gasteiger charge is 2.21. The maximum Gasteiger partial charge on any atom is 0.0876 e. The van der Waals surface area contributed by atoms with Crippen LogP contribution in [0.1, 0.15) is 49.6 Å². The van der Waals surface area contributed by atoms with Gasteiger partial charge in [-0.25, -0.2) is 0 Å². The van der Waals surface area contributed by atoms with Gasteiger partial charge < -0.3 is 10.1 Å². The van der Waals surface area contributed by atoms with Crippen LogP contribution < -0.4 is 5.32 Å². The molecular weight excluding hydrogens is 242 g/mol. The lowest BCUT2D eigenvalue weighted by Gasteiger charge is -2.24. The van der Waals surface area contributed by atoms with E-state index in [1.807, 2.05) is 17.6 Å². The summed E-state index contributed by atoms with van der Waals surface area (Å²) >= 11 is 1.87. The molecule has 0 aliphatic carbocycles. The van der Waals surface area contributed by atoms with E-state index >= 15 is 0 Å². The van der Waals surface area contributed by atoms with E-state index in [0.717, 1.165) is 38.8 Å². The second-order valence-electron chi connectivity index (χ2n) is 4.72.